The number of allylic oxidation sites excluding steroid dienone is 1. The van der Waals surface area contributed by atoms with Crippen molar-refractivity contribution in [2.45, 2.75) is 26.4 Å². The van der Waals surface area contributed by atoms with Crippen molar-refractivity contribution in [1.82, 2.24) is 9.80 Å². The van der Waals surface area contributed by atoms with E-state index in [0.29, 0.717) is 13.2 Å². The van der Waals surface area contributed by atoms with Crippen LogP contribution in [-0.4, -0.2) is 40.9 Å². The van der Waals surface area contributed by atoms with Crippen molar-refractivity contribution in [3.05, 3.63) is 24.2 Å². The zero-order valence-electron chi connectivity index (χ0n) is 10.4. The number of carbonyl (C=O) groups is 1. The highest BCUT2D eigenvalue weighted by Gasteiger charge is 2.28. The lowest BCUT2D eigenvalue weighted by Crippen LogP contribution is -2.43. The van der Waals surface area contributed by atoms with E-state index < -0.39 is 5.60 Å². The third-order valence-electron chi connectivity index (χ3n) is 2.32. The molecule has 0 spiro atoms. The first-order valence-corrected chi connectivity index (χ1v) is 5.61. The van der Waals surface area contributed by atoms with Crippen LogP contribution in [0, 0.1) is 0 Å². The van der Waals surface area contributed by atoms with E-state index in [1.54, 1.807) is 11.1 Å². The first-order valence-electron chi connectivity index (χ1n) is 5.61. The van der Waals surface area contributed by atoms with Crippen molar-refractivity contribution in [3.63, 3.8) is 0 Å². The monoisotopic (exact) mass is 235 g/mol. The minimum atomic E-state index is -0.480. The molecule has 0 bridgehead atoms. The van der Waals surface area contributed by atoms with Crippen LogP contribution in [0.4, 0.5) is 4.79 Å². The summed E-state index contributed by atoms with van der Waals surface area (Å²) in [5.41, 5.74) is -0.480. The highest BCUT2D eigenvalue weighted by molar-refractivity contribution is 5.77. The van der Waals surface area contributed by atoms with Gasteiger partial charge in [0, 0.05) is 12.4 Å². The van der Waals surface area contributed by atoms with Crippen LogP contribution < -0.4 is 0 Å². The minimum absolute atomic E-state index is 0.326. The predicted molar refractivity (Wildman–Crippen MR) is 65.4 cm³/mol. The lowest BCUT2D eigenvalue weighted by atomic mass is 10.2. The molecule has 0 fully saturated rings. The van der Waals surface area contributed by atoms with Crippen molar-refractivity contribution in [2.24, 2.45) is 4.99 Å². The fourth-order valence-electron chi connectivity index (χ4n) is 1.65. The Labute approximate surface area is 101 Å². The number of aliphatic imine (C=N–C) groups is 1. The number of amides is 1. The van der Waals surface area contributed by atoms with Crippen molar-refractivity contribution in [3.8, 4) is 0 Å². The van der Waals surface area contributed by atoms with Gasteiger partial charge in [-0.25, -0.2) is 4.79 Å². The summed E-state index contributed by atoms with van der Waals surface area (Å²) in [5, 5.41) is 0. The van der Waals surface area contributed by atoms with Gasteiger partial charge in [0.15, 0.2) is 0 Å². The second kappa shape index (κ2) is 4.24. The first kappa shape index (κ1) is 11.7. The van der Waals surface area contributed by atoms with Gasteiger partial charge in [-0.05, 0) is 32.9 Å². The second-order valence-electron chi connectivity index (χ2n) is 4.94. The molecule has 1 amide bonds. The molecule has 0 atom stereocenters. The molecule has 5 heteroatoms. The number of fused-ring (bicyclic) bond motifs is 1. The Balaban J connectivity index is 2.15. The number of hydrogen-bond donors (Lipinski definition) is 0. The van der Waals surface area contributed by atoms with E-state index in [0.717, 1.165) is 5.82 Å². The first-order chi connectivity index (χ1) is 7.97. The van der Waals surface area contributed by atoms with Gasteiger partial charge in [0.25, 0.3) is 0 Å². The lowest BCUT2D eigenvalue weighted by molar-refractivity contribution is 0.0277. The predicted octanol–water partition coefficient (Wildman–Crippen LogP) is 1.94. The maximum Gasteiger partial charge on any atom is 0.416 e. The lowest BCUT2D eigenvalue weighted by Gasteiger charge is -2.36. The van der Waals surface area contributed by atoms with Crippen LogP contribution in [0.25, 0.3) is 0 Å². The van der Waals surface area contributed by atoms with Gasteiger partial charge in [0.1, 0.15) is 18.1 Å². The molecule has 0 aromatic rings. The molecule has 0 N–H and O–H groups in total. The molecule has 0 saturated heterocycles. The van der Waals surface area contributed by atoms with E-state index in [1.807, 2.05) is 44.0 Å². The average molecular weight is 235 g/mol. The number of hydrogen-bond acceptors (Lipinski definition) is 4. The maximum atomic E-state index is 12.0. The Hall–Kier alpha value is -1.78. The van der Waals surface area contributed by atoms with Crippen LogP contribution in [0.2, 0.25) is 0 Å². The fraction of sp³-hybridized carbons (Fsp3) is 0.500. The topological polar surface area (TPSA) is 45.1 Å². The SMILES string of the molecule is CC(C)(C)OC(=O)N1CC=CN2CN=CC=C21. The van der Waals surface area contributed by atoms with Crippen LogP contribution in [0.3, 0.4) is 0 Å². The molecule has 0 aromatic carbocycles. The zero-order valence-corrected chi connectivity index (χ0v) is 10.4. The summed E-state index contributed by atoms with van der Waals surface area (Å²) >= 11 is 0. The van der Waals surface area contributed by atoms with Crippen molar-refractivity contribution in [2.75, 3.05) is 13.2 Å². The summed E-state index contributed by atoms with van der Waals surface area (Å²) < 4.78 is 5.37. The van der Waals surface area contributed by atoms with Crippen molar-refractivity contribution < 1.29 is 9.53 Å². The molecule has 2 aliphatic rings. The van der Waals surface area contributed by atoms with Crippen LogP contribution in [0.15, 0.2) is 29.2 Å². The Morgan fingerprint density at radius 3 is 2.94 bits per heavy atom. The number of rotatable bonds is 0. The van der Waals surface area contributed by atoms with E-state index in [9.17, 15) is 4.79 Å². The van der Waals surface area contributed by atoms with Gasteiger partial charge in [-0.1, -0.05) is 0 Å². The minimum Gasteiger partial charge on any atom is -0.443 e. The zero-order chi connectivity index (χ0) is 12.5. The van der Waals surface area contributed by atoms with Gasteiger partial charge < -0.3 is 9.64 Å². The van der Waals surface area contributed by atoms with E-state index >= 15 is 0 Å². The Bertz CT molecular complexity index is 404. The Morgan fingerprint density at radius 1 is 1.47 bits per heavy atom. The van der Waals surface area contributed by atoms with Gasteiger partial charge in [0.05, 0.1) is 6.54 Å². The number of nitrogens with zero attached hydrogens (tertiary/aromatic N) is 3. The van der Waals surface area contributed by atoms with Gasteiger partial charge in [-0.15, -0.1) is 0 Å². The average Bonchev–Trinajstić information content (AvgIpc) is 2.26. The molecule has 2 rings (SSSR count). The third kappa shape index (κ3) is 2.67. The highest BCUT2D eigenvalue weighted by Crippen LogP contribution is 2.21. The highest BCUT2D eigenvalue weighted by atomic mass is 16.6. The fourth-order valence-corrected chi connectivity index (χ4v) is 1.65. The molecule has 2 heterocycles. The molecule has 2 aliphatic heterocycles. The molecule has 0 aromatic heterocycles. The Morgan fingerprint density at radius 2 is 2.24 bits per heavy atom. The van der Waals surface area contributed by atoms with Crippen LogP contribution in [0.1, 0.15) is 20.8 Å². The third-order valence-corrected chi connectivity index (χ3v) is 2.32. The molecule has 0 unspecified atom stereocenters. The van der Waals surface area contributed by atoms with Crippen molar-refractivity contribution >= 4 is 12.3 Å². The largest absolute Gasteiger partial charge is 0.443 e. The summed E-state index contributed by atoms with van der Waals surface area (Å²) in [6, 6.07) is 0. The summed E-state index contributed by atoms with van der Waals surface area (Å²) in [6.45, 7) is 6.66. The maximum absolute atomic E-state index is 12.0. The molecule has 92 valence electrons. The van der Waals surface area contributed by atoms with E-state index in [2.05, 4.69) is 4.99 Å². The van der Waals surface area contributed by atoms with Crippen molar-refractivity contribution in [1.29, 1.82) is 0 Å². The standard InChI is InChI=1S/C12H17N3O2/c1-12(2,3)17-11(16)15-8-4-7-14-9-13-6-5-10(14)15/h4-7H,8-9H2,1-3H3. The normalized spacial score (nSPS) is 18.9. The molecular formula is C12H17N3O2. The van der Waals surface area contributed by atoms with Crippen LogP contribution in [0.5, 0.6) is 0 Å². The van der Waals surface area contributed by atoms with Gasteiger partial charge in [0.2, 0.25) is 0 Å². The molecule has 17 heavy (non-hydrogen) atoms. The molecule has 0 saturated carbocycles. The van der Waals surface area contributed by atoms with E-state index in [4.69, 9.17) is 4.74 Å². The summed E-state index contributed by atoms with van der Waals surface area (Å²) in [7, 11) is 0. The smallest absolute Gasteiger partial charge is 0.416 e. The van der Waals surface area contributed by atoms with Gasteiger partial charge in [-0.3, -0.25) is 9.89 Å². The molecule has 0 radical (unpaired) electrons. The van der Waals surface area contributed by atoms with E-state index in [-0.39, 0.29) is 6.09 Å². The molecule has 5 nitrogen and oxygen atoms in total. The number of carbonyl (C=O) groups excluding carboxylic acids is 1. The quantitative estimate of drug-likeness (QED) is 0.644. The number of ether oxygens (including phenoxy) is 1. The molecule has 0 aliphatic carbocycles. The van der Waals surface area contributed by atoms with Gasteiger partial charge in [-0.2, -0.15) is 0 Å². The van der Waals surface area contributed by atoms with E-state index in [1.165, 1.54) is 0 Å². The second-order valence-corrected chi connectivity index (χ2v) is 4.94. The Kier molecular flexibility index (Phi) is 2.92. The molecular weight excluding hydrogens is 218 g/mol. The summed E-state index contributed by atoms with van der Waals surface area (Å²) in [6.07, 6.45) is 7.05. The summed E-state index contributed by atoms with van der Waals surface area (Å²) in [4.78, 5) is 19.7. The van der Waals surface area contributed by atoms with Crippen LogP contribution in [-0.2, 0) is 4.74 Å². The van der Waals surface area contributed by atoms with Crippen LogP contribution >= 0.6 is 0 Å². The summed E-state index contributed by atoms with van der Waals surface area (Å²) in [5.74, 6) is 0.816. The van der Waals surface area contributed by atoms with Gasteiger partial charge >= 0.3 is 6.09 Å².